The van der Waals surface area contributed by atoms with Crippen molar-refractivity contribution in [1.82, 2.24) is 5.48 Å². The van der Waals surface area contributed by atoms with E-state index < -0.39 is 11.9 Å². The van der Waals surface area contributed by atoms with Gasteiger partial charge < -0.3 is 15.7 Å². The fourth-order valence-corrected chi connectivity index (χ4v) is 0.219. The zero-order valence-corrected chi connectivity index (χ0v) is 5.16. The number of carboxylic acid groups (broad SMARTS) is 1. The molecule has 0 saturated heterocycles. The third-order valence-corrected chi connectivity index (χ3v) is 0.586. The molecule has 0 aromatic carbocycles. The zero-order chi connectivity index (χ0) is 7.98. The van der Waals surface area contributed by atoms with Crippen LogP contribution in [0, 0.1) is 0 Å². The molecule has 0 heterocycles. The first-order valence-corrected chi connectivity index (χ1v) is 2.55. The average Bonchev–Trinajstić information content (AvgIpc) is 1.88. The number of nitrogens with two attached hydrogens (primary N) is 1. The van der Waals surface area contributed by atoms with E-state index in [0.717, 1.165) is 0 Å². The van der Waals surface area contributed by atoms with Crippen molar-refractivity contribution >= 4 is 115 Å². The Bertz CT molecular complexity index is 143. The molecule has 0 saturated carbocycles. The zero-order valence-electron chi connectivity index (χ0n) is 5.16. The van der Waals surface area contributed by atoms with Gasteiger partial charge in [-0.3, -0.25) is 0 Å². The number of nitrogens with one attached hydrogen (secondary N) is 1. The summed E-state index contributed by atoms with van der Waals surface area (Å²) in [7, 11) is 0. The van der Waals surface area contributed by atoms with Gasteiger partial charge in [0.1, 0.15) is 0 Å². The molecular formula is C4H10K2N2O4. The van der Waals surface area contributed by atoms with E-state index >= 15 is 0 Å². The van der Waals surface area contributed by atoms with Gasteiger partial charge in [0.05, 0.1) is 0 Å². The van der Waals surface area contributed by atoms with Crippen LogP contribution in [0.4, 0.5) is 0 Å². The van der Waals surface area contributed by atoms with Crippen LogP contribution in [0.5, 0.6) is 0 Å². The first-order chi connectivity index (χ1) is 4.68. The van der Waals surface area contributed by atoms with Crippen LogP contribution < -0.4 is 11.2 Å². The van der Waals surface area contributed by atoms with Gasteiger partial charge in [-0.05, 0) is 0 Å². The molecule has 0 aromatic heterocycles. The second-order valence-electron chi connectivity index (χ2n) is 1.38. The van der Waals surface area contributed by atoms with E-state index in [9.17, 15) is 9.59 Å². The Hall–Kier alpha value is 2.13. The summed E-state index contributed by atoms with van der Waals surface area (Å²) in [5.74, 6) is -2.97. The number of hydroxylamine groups is 1. The molecule has 0 aliphatic heterocycles. The molecular weight excluding hydrogens is 218 g/mol. The number of rotatable bonds is 3. The summed E-state index contributed by atoms with van der Waals surface area (Å²) in [6, 6.07) is 0. The van der Waals surface area contributed by atoms with Crippen molar-refractivity contribution in [2.45, 2.75) is 0 Å². The maximum absolute atomic E-state index is 10.1. The van der Waals surface area contributed by atoms with Gasteiger partial charge in [-0.2, -0.15) is 5.48 Å². The van der Waals surface area contributed by atoms with Crippen molar-refractivity contribution < 1.29 is 19.5 Å². The van der Waals surface area contributed by atoms with E-state index in [4.69, 9.17) is 10.8 Å². The van der Waals surface area contributed by atoms with Gasteiger partial charge in [0.2, 0.25) is 0 Å². The van der Waals surface area contributed by atoms with E-state index in [0.29, 0.717) is 0 Å². The number of hydrogen-bond donors (Lipinski definition) is 3. The molecule has 0 bridgehead atoms. The molecule has 0 fully saturated rings. The minimum atomic E-state index is -1.63. The summed E-state index contributed by atoms with van der Waals surface area (Å²) < 4.78 is 0. The molecule has 12 heavy (non-hydrogen) atoms. The normalized spacial score (nSPS) is 7.42. The molecule has 0 aliphatic carbocycles. The molecule has 0 aromatic rings. The summed E-state index contributed by atoms with van der Waals surface area (Å²) in [6.07, 6.45) is 0. The van der Waals surface area contributed by atoms with Crippen LogP contribution in [-0.2, 0) is 14.4 Å². The van der Waals surface area contributed by atoms with Crippen LogP contribution in [-0.4, -0.2) is 133 Å². The van der Waals surface area contributed by atoms with Gasteiger partial charge >= 0.3 is 115 Å². The van der Waals surface area contributed by atoms with Crippen LogP contribution in [0.1, 0.15) is 0 Å². The number of aliphatic carboxylic acids is 1. The van der Waals surface area contributed by atoms with E-state index in [1.54, 1.807) is 0 Å². The number of hydrogen-bond acceptors (Lipinski definition) is 5. The van der Waals surface area contributed by atoms with Crippen LogP contribution >= 0.6 is 0 Å². The number of carboxylic acids is 1. The first-order valence-electron chi connectivity index (χ1n) is 2.55. The molecule has 0 unspecified atom stereocenters. The molecule has 62 valence electrons. The standard InChI is InChI=1S/C4H8N2O4.2K.2H/c5-1-2-6-10-4(9)3(7)8;;;;/h6H,1-2,5H2,(H,7,8);;;;. The molecule has 8 heteroatoms. The van der Waals surface area contributed by atoms with Crippen LogP contribution in [0.25, 0.3) is 0 Å². The third kappa shape index (κ3) is 12.1. The predicted octanol–water partition coefficient (Wildman–Crippen LogP) is -3.22. The van der Waals surface area contributed by atoms with Gasteiger partial charge in [-0.25, -0.2) is 9.59 Å². The summed E-state index contributed by atoms with van der Waals surface area (Å²) in [5.41, 5.74) is 7.05. The Kier molecular flexibility index (Phi) is 21.5. The van der Waals surface area contributed by atoms with E-state index in [1.807, 2.05) is 0 Å². The molecule has 0 atom stereocenters. The molecule has 0 radical (unpaired) electrons. The number of carbonyl (C=O) groups excluding carboxylic acids is 1. The van der Waals surface area contributed by atoms with Gasteiger partial charge in [0, 0.05) is 13.1 Å². The Labute approximate surface area is 155 Å². The van der Waals surface area contributed by atoms with Crippen LogP contribution in [0.3, 0.4) is 0 Å². The van der Waals surface area contributed by atoms with Crippen molar-refractivity contribution in [3.05, 3.63) is 0 Å². The quantitative estimate of drug-likeness (QED) is 0.203. The van der Waals surface area contributed by atoms with Crippen molar-refractivity contribution in [2.75, 3.05) is 13.1 Å². The molecule has 0 spiro atoms. The van der Waals surface area contributed by atoms with Gasteiger partial charge in [-0.1, -0.05) is 0 Å². The third-order valence-electron chi connectivity index (χ3n) is 0.586. The Morgan fingerprint density at radius 3 is 2.25 bits per heavy atom. The predicted molar refractivity (Wildman–Crippen MR) is 45.1 cm³/mol. The summed E-state index contributed by atoms with van der Waals surface area (Å²) in [6.45, 7) is 0.506. The Morgan fingerprint density at radius 1 is 1.42 bits per heavy atom. The summed E-state index contributed by atoms with van der Waals surface area (Å²) in [5, 5.41) is 7.94. The minimum absolute atomic E-state index is 0. The molecule has 0 rings (SSSR count). The SMILES string of the molecule is NCCNOC(=O)C(=O)O.[KH].[KH]. The van der Waals surface area contributed by atoms with Crippen molar-refractivity contribution in [2.24, 2.45) is 5.73 Å². The van der Waals surface area contributed by atoms with Gasteiger partial charge in [0.25, 0.3) is 0 Å². The fraction of sp³-hybridized carbons (Fsp3) is 0.500. The maximum atomic E-state index is 10.1. The second-order valence-corrected chi connectivity index (χ2v) is 1.38. The topological polar surface area (TPSA) is 102 Å². The molecule has 6 nitrogen and oxygen atoms in total. The molecule has 0 aliphatic rings. The van der Waals surface area contributed by atoms with Crippen molar-refractivity contribution in [3.8, 4) is 0 Å². The van der Waals surface area contributed by atoms with Gasteiger partial charge in [-0.15, -0.1) is 0 Å². The molecule has 4 N–H and O–H groups in total. The monoisotopic (exact) mass is 228 g/mol. The fourth-order valence-electron chi connectivity index (χ4n) is 0.219. The Morgan fingerprint density at radius 2 is 1.92 bits per heavy atom. The Balaban J connectivity index is -0.000000405. The summed E-state index contributed by atoms with van der Waals surface area (Å²) in [4.78, 5) is 23.8. The average molecular weight is 228 g/mol. The molecule has 0 amide bonds. The number of carbonyl (C=O) groups is 2. The van der Waals surface area contributed by atoms with E-state index in [2.05, 4.69) is 10.3 Å². The van der Waals surface area contributed by atoms with Crippen LogP contribution in [0.2, 0.25) is 0 Å². The van der Waals surface area contributed by atoms with E-state index in [1.165, 1.54) is 0 Å². The van der Waals surface area contributed by atoms with E-state index in [-0.39, 0.29) is 116 Å². The van der Waals surface area contributed by atoms with Crippen molar-refractivity contribution in [1.29, 1.82) is 0 Å². The van der Waals surface area contributed by atoms with Gasteiger partial charge in [0.15, 0.2) is 0 Å². The first kappa shape index (κ1) is 19.7. The second kappa shape index (κ2) is 13.1. The summed E-state index contributed by atoms with van der Waals surface area (Å²) >= 11 is 0. The van der Waals surface area contributed by atoms with Crippen LogP contribution in [0.15, 0.2) is 0 Å². The van der Waals surface area contributed by atoms with Crippen molar-refractivity contribution in [3.63, 3.8) is 0 Å².